The highest BCUT2D eigenvalue weighted by atomic mass is 16.5. The van der Waals surface area contributed by atoms with Crippen LogP contribution in [0, 0.1) is 11.3 Å². The summed E-state index contributed by atoms with van der Waals surface area (Å²) in [5.74, 6) is 0.274. The summed E-state index contributed by atoms with van der Waals surface area (Å²) in [6.07, 6.45) is 2.41. The number of carboxylic acid groups (broad SMARTS) is 1. The van der Waals surface area contributed by atoms with E-state index in [4.69, 9.17) is 22.3 Å². The molecule has 1 aliphatic rings. The molecule has 9 heteroatoms. The molecule has 1 N–H and O–H groups in total. The number of nitriles is 1. The third kappa shape index (κ3) is 4.76. The van der Waals surface area contributed by atoms with Crippen LogP contribution in [0.5, 0.6) is 5.75 Å². The maximum atomic E-state index is 11.1. The van der Waals surface area contributed by atoms with Crippen LogP contribution in [0.15, 0.2) is 40.9 Å². The first-order valence-electron chi connectivity index (χ1n) is 10.8. The average molecular weight is 442 g/mol. The van der Waals surface area contributed by atoms with Gasteiger partial charge in [-0.3, -0.25) is 4.79 Å². The molecule has 0 saturated heterocycles. The highest BCUT2D eigenvalue weighted by Crippen LogP contribution is 2.38. The van der Waals surface area contributed by atoms with Gasteiger partial charge in [0.05, 0.1) is 18.2 Å². The van der Waals surface area contributed by atoms with E-state index < -0.39 is 5.97 Å². The number of hydrogen-bond acceptors (Lipinski definition) is 7. The van der Waals surface area contributed by atoms with Gasteiger partial charge in [-0.25, -0.2) is 0 Å². The molecule has 0 unspecified atom stereocenters. The number of aromatic nitrogens is 2. The smallest absolute Gasteiger partial charge is 0.316 e. The molecule has 0 amide bonds. The van der Waals surface area contributed by atoms with Crippen LogP contribution in [0.25, 0.3) is 22.8 Å². The van der Waals surface area contributed by atoms with Gasteiger partial charge in [-0.05, 0) is 62.4 Å². The van der Waals surface area contributed by atoms with Crippen LogP contribution in [0.4, 0.5) is 0 Å². The molecule has 0 spiro atoms. The minimum atomic E-state index is -0.967. The number of carbonyl (C=O) groups is 1. The van der Waals surface area contributed by atoms with E-state index in [1.807, 2.05) is 32.0 Å². The fourth-order valence-corrected chi connectivity index (χ4v) is 4.20. The Hall–Kier alpha value is -3.64. The summed E-state index contributed by atoms with van der Waals surface area (Å²) in [4.78, 5) is 17.1. The molecule has 1 atom stereocenters. The van der Waals surface area contributed by atoms with Crippen molar-refractivity contribution in [3.8, 4) is 34.7 Å². The monoisotopic (exact) mass is 442 g/mol. The minimum Gasteiger partial charge on any atom is -0.490 e. The maximum absolute atomic E-state index is 11.1. The summed E-state index contributed by atoms with van der Waals surface area (Å²) in [5.41, 5.74) is 3.87. The van der Waals surface area contributed by atoms with Crippen molar-refractivity contribution >= 4 is 14.0 Å². The van der Waals surface area contributed by atoms with Gasteiger partial charge in [0.2, 0.25) is 5.82 Å². The Balaban J connectivity index is 1.66. The molecule has 0 fully saturated rings. The number of fused-ring (bicyclic) bond motifs is 1. The van der Waals surface area contributed by atoms with Gasteiger partial charge in [-0.15, -0.1) is 0 Å². The Kier molecular flexibility index (Phi) is 6.47. The van der Waals surface area contributed by atoms with E-state index in [-0.39, 0.29) is 18.7 Å². The van der Waals surface area contributed by atoms with Crippen molar-refractivity contribution in [2.75, 3.05) is 6.54 Å². The van der Waals surface area contributed by atoms with E-state index in [9.17, 15) is 10.1 Å². The second-order valence-corrected chi connectivity index (χ2v) is 8.26. The second-order valence-electron chi connectivity index (χ2n) is 8.26. The Bertz CT molecular complexity index is 1220. The first kappa shape index (κ1) is 22.6. The van der Waals surface area contributed by atoms with Crippen LogP contribution in [-0.4, -0.2) is 46.7 Å². The predicted molar refractivity (Wildman–Crippen MR) is 121 cm³/mol. The standard InChI is InChI=1S/C24H23BN4O4/c1-14(2)32-21-10-9-15(11-16(21)12-26)24-27-23(28-33-24)19-7-3-6-18-17(19)5-4-8-20(18)29(25)13-22(30)31/h3,6-7,9-11,14,20H,4-5,8,13H2,1-2H3,(H,30,31)/t20-/m0/s1. The molecule has 3 aromatic rings. The largest absolute Gasteiger partial charge is 0.490 e. The van der Waals surface area contributed by atoms with Crippen molar-refractivity contribution in [2.24, 2.45) is 0 Å². The lowest BCUT2D eigenvalue weighted by atomic mass is 9.83. The summed E-state index contributed by atoms with van der Waals surface area (Å²) in [6.45, 7) is 3.56. The molecule has 166 valence electrons. The number of rotatable bonds is 7. The molecule has 0 bridgehead atoms. The first-order chi connectivity index (χ1) is 15.9. The number of aliphatic carboxylic acids is 1. The molecule has 8 nitrogen and oxygen atoms in total. The molecular formula is C24H23BN4O4. The van der Waals surface area contributed by atoms with Crippen LogP contribution in [0.1, 0.15) is 49.4 Å². The lowest BCUT2D eigenvalue weighted by Crippen LogP contribution is -2.33. The van der Waals surface area contributed by atoms with Crippen molar-refractivity contribution in [3.05, 3.63) is 53.1 Å². The third-order valence-electron chi connectivity index (χ3n) is 5.57. The average Bonchev–Trinajstić information content (AvgIpc) is 3.27. The molecule has 0 saturated carbocycles. The van der Waals surface area contributed by atoms with Gasteiger partial charge in [0.1, 0.15) is 11.8 Å². The molecule has 33 heavy (non-hydrogen) atoms. The topological polar surface area (TPSA) is 112 Å². The normalized spacial score (nSPS) is 15.3. The van der Waals surface area contributed by atoms with Crippen LogP contribution < -0.4 is 4.74 Å². The van der Waals surface area contributed by atoms with E-state index in [2.05, 4.69) is 16.2 Å². The van der Waals surface area contributed by atoms with E-state index in [0.29, 0.717) is 28.6 Å². The fraction of sp³-hybridized carbons (Fsp3) is 0.333. The summed E-state index contributed by atoms with van der Waals surface area (Å²) in [7, 11) is 6.07. The van der Waals surface area contributed by atoms with Crippen LogP contribution in [0.3, 0.4) is 0 Å². The number of nitrogens with zero attached hydrogens (tertiary/aromatic N) is 4. The lowest BCUT2D eigenvalue weighted by Gasteiger charge is -2.33. The first-order valence-corrected chi connectivity index (χ1v) is 10.8. The molecule has 2 radical (unpaired) electrons. The van der Waals surface area contributed by atoms with Gasteiger partial charge < -0.3 is 19.2 Å². The van der Waals surface area contributed by atoms with Crippen molar-refractivity contribution < 1.29 is 19.2 Å². The molecule has 0 aliphatic heterocycles. The third-order valence-corrected chi connectivity index (χ3v) is 5.57. The van der Waals surface area contributed by atoms with Crippen molar-refractivity contribution in [1.82, 2.24) is 15.0 Å². The number of ether oxygens (including phenoxy) is 1. The van der Waals surface area contributed by atoms with Crippen LogP contribution in [0.2, 0.25) is 0 Å². The quantitative estimate of drug-likeness (QED) is 0.548. The zero-order chi connectivity index (χ0) is 23.5. The summed E-state index contributed by atoms with van der Waals surface area (Å²) < 4.78 is 11.2. The SMILES string of the molecule is [B]N(CC(=O)O)[C@H]1CCCc2c(-c3noc(-c4ccc(OC(C)C)c(C#N)c4)n3)cccc21. The summed E-state index contributed by atoms with van der Waals surface area (Å²) in [5, 5.41) is 22.8. The Morgan fingerprint density at radius 3 is 2.94 bits per heavy atom. The second kappa shape index (κ2) is 9.47. The number of carboxylic acids is 1. The molecular weight excluding hydrogens is 419 g/mol. The Morgan fingerprint density at radius 2 is 2.21 bits per heavy atom. The summed E-state index contributed by atoms with van der Waals surface area (Å²) in [6, 6.07) is 12.9. The molecule has 1 aromatic heterocycles. The molecule has 1 aliphatic carbocycles. The van der Waals surface area contributed by atoms with Gasteiger partial charge in [0, 0.05) is 17.2 Å². The van der Waals surface area contributed by atoms with E-state index in [0.717, 1.165) is 36.0 Å². The Labute approximate surface area is 193 Å². The van der Waals surface area contributed by atoms with Gasteiger partial charge in [-0.1, -0.05) is 23.4 Å². The predicted octanol–water partition coefficient (Wildman–Crippen LogP) is 3.91. The maximum Gasteiger partial charge on any atom is 0.316 e. The fourth-order valence-electron chi connectivity index (χ4n) is 4.20. The van der Waals surface area contributed by atoms with Crippen LogP contribution >= 0.6 is 0 Å². The number of benzene rings is 2. The van der Waals surface area contributed by atoms with Crippen molar-refractivity contribution in [1.29, 1.82) is 5.26 Å². The number of hydrogen-bond donors (Lipinski definition) is 1. The highest BCUT2D eigenvalue weighted by Gasteiger charge is 2.27. The van der Waals surface area contributed by atoms with Crippen molar-refractivity contribution in [2.45, 2.75) is 45.3 Å². The lowest BCUT2D eigenvalue weighted by molar-refractivity contribution is -0.137. The van der Waals surface area contributed by atoms with Gasteiger partial charge in [0.15, 0.2) is 7.98 Å². The van der Waals surface area contributed by atoms with Gasteiger partial charge in [-0.2, -0.15) is 10.2 Å². The zero-order valence-corrected chi connectivity index (χ0v) is 18.5. The van der Waals surface area contributed by atoms with Crippen molar-refractivity contribution in [3.63, 3.8) is 0 Å². The Morgan fingerprint density at radius 1 is 1.39 bits per heavy atom. The van der Waals surface area contributed by atoms with Gasteiger partial charge >= 0.3 is 5.97 Å². The molecule has 2 aromatic carbocycles. The van der Waals surface area contributed by atoms with Gasteiger partial charge in [0.25, 0.3) is 5.89 Å². The van der Waals surface area contributed by atoms with E-state index in [1.54, 1.807) is 18.2 Å². The zero-order valence-electron chi connectivity index (χ0n) is 18.5. The molecule has 1 heterocycles. The molecule has 4 rings (SSSR count). The summed E-state index contributed by atoms with van der Waals surface area (Å²) >= 11 is 0. The van der Waals surface area contributed by atoms with Crippen LogP contribution in [-0.2, 0) is 11.2 Å². The van der Waals surface area contributed by atoms with E-state index >= 15 is 0 Å². The minimum absolute atomic E-state index is 0.0500. The van der Waals surface area contributed by atoms with E-state index in [1.165, 1.54) is 4.81 Å². The highest BCUT2D eigenvalue weighted by molar-refractivity contribution is 6.06.